The molecule has 3 aromatic rings. The van der Waals surface area contributed by atoms with Crippen LogP contribution >= 0.6 is 0 Å². The van der Waals surface area contributed by atoms with Gasteiger partial charge < -0.3 is 10.1 Å². The average molecular weight is 349 g/mol. The second kappa shape index (κ2) is 7.97. The number of rotatable bonds is 6. The van der Waals surface area contributed by atoms with Crippen LogP contribution in [0.25, 0.3) is 16.9 Å². The smallest absolute Gasteiger partial charge is 0.255 e. The summed E-state index contributed by atoms with van der Waals surface area (Å²) in [7, 11) is 1.62. The highest BCUT2D eigenvalue weighted by Gasteiger charge is 2.20. The number of nitrogens with zero attached hydrogens (tertiary/aromatic N) is 2. The maximum absolute atomic E-state index is 12.8. The molecule has 0 aliphatic rings. The molecule has 0 fully saturated rings. The van der Waals surface area contributed by atoms with Gasteiger partial charge in [0.05, 0.1) is 17.9 Å². The predicted molar refractivity (Wildman–Crippen MR) is 103 cm³/mol. The lowest BCUT2D eigenvalue weighted by atomic mass is 10.1. The summed E-state index contributed by atoms with van der Waals surface area (Å²) in [6.45, 7) is 4.40. The number of aryl methyl sites for hydroxylation is 1. The number of para-hydroxylation sites is 1. The number of methoxy groups -OCH3 is 1. The van der Waals surface area contributed by atoms with E-state index in [0.29, 0.717) is 17.9 Å². The maximum Gasteiger partial charge on any atom is 0.255 e. The number of hydrogen-bond acceptors (Lipinski definition) is 3. The van der Waals surface area contributed by atoms with Gasteiger partial charge in [-0.25, -0.2) is 4.68 Å². The van der Waals surface area contributed by atoms with E-state index in [2.05, 4.69) is 10.4 Å². The lowest BCUT2D eigenvalue weighted by molar-refractivity contribution is 0.0906. The summed E-state index contributed by atoms with van der Waals surface area (Å²) in [4.78, 5) is 12.8. The van der Waals surface area contributed by atoms with Crippen molar-refractivity contribution in [3.8, 4) is 16.9 Å². The molecule has 5 nitrogen and oxygen atoms in total. The fourth-order valence-corrected chi connectivity index (χ4v) is 2.77. The zero-order valence-corrected chi connectivity index (χ0v) is 15.3. The van der Waals surface area contributed by atoms with Crippen LogP contribution < -0.4 is 5.32 Å². The minimum Gasteiger partial charge on any atom is -0.383 e. The van der Waals surface area contributed by atoms with Crippen LogP contribution in [-0.2, 0) is 4.74 Å². The fourth-order valence-electron chi connectivity index (χ4n) is 2.77. The monoisotopic (exact) mass is 349 g/mol. The molecule has 1 N–H and O–H groups in total. The summed E-state index contributed by atoms with van der Waals surface area (Å²) in [5.74, 6) is -0.160. The van der Waals surface area contributed by atoms with Crippen molar-refractivity contribution >= 4 is 5.91 Å². The Balaban J connectivity index is 2.01. The van der Waals surface area contributed by atoms with E-state index in [-0.39, 0.29) is 11.9 Å². The van der Waals surface area contributed by atoms with Crippen LogP contribution in [0, 0.1) is 6.92 Å². The molecule has 1 heterocycles. The van der Waals surface area contributed by atoms with Crippen molar-refractivity contribution in [1.29, 1.82) is 0 Å². The van der Waals surface area contributed by atoms with E-state index in [1.165, 1.54) is 0 Å². The molecule has 0 spiro atoms. The van der Waals surface area contributed by atoms with Gasteiger partial charge in [-0.3, -0.25) is 4.79 Å². The standard InChI is InChI=1S/C21H23N3O2/c1-15-9-11-17(12-10-15)20-19(21(25)22-16(2)14-26-3)13-24(23-20)18-7-5-4-6-8-18/h4-13,16H,14H2,1-3H3,(H,22,25). The Morgan fingerprint density at radius 2 is 1.85 bits per heavy atom. The number of nitrogens with one attached hydrogen (secondary N) is 1. The molecule has 0 radical (unpaired) electrons. The summed E-state index contributed by atoms with van der Waals surface area (Å²) < 4.78 is 6.85. The third-order valence-corrected chi connectivity index (χ3v) is 4.10. The largest absolute Gasteiger partial charge is 0.383 e. The Morgan fingerprint density at radius 3 is 2.50 bits per heavy atom. The van der Waals surface area contributed by atoms with Crippen molar-refractivity contribution in [3.05, 3.63) is 71.9 Å². The third-order valence-electron chi connectivity index (χ3n) is 4.10. The van der Waals surface area contributed by atoms with Crippen LogP contribution in [0.4, 0.5) is 0 Å². The van der Waals surface area contributed by atoms with Crippen LogP contribution in [0.5, 0.6) is 0 Å². The summed E-state index contributed by atoms with van der Waals surface area (Å²) in [6, 6.07) is 17.7. The van der Waals surface area contributed by atoms with E-state index in [4.69, 9.17) is 4.74 Å². The van der Waals surface area contributed by atoms with Crippen molar-refractivity contribution in [3.63, 3.8) is 0 Å². The van der Waals surface area contributed by atoms with Gasteiger partial charge in [-0.1, -0.05) is 48.0 Å². The molecule has 1 amide bonds. The number of carbonyl (C=O) groups excluding carboxylic acids is 1. The molecule has 0 saturated carbocycles. The van der Waals surface area contributed by atoms with E-state index in [0.717, 1.165) is 16.8 Å². The second-order valence-electron chi connectivity index (χ2n) is 6.37. The Kier molecular flexibility index (Phi) is 5.49. The highest BCUT2D eigenvalue weighted by molar-refractivity contribution is 6.00. The molecule has 0 aliphatic heterocycles. The fraction of sp³-hybridized carbons (Fsp3) is 0.238. The van der Waals surface area contributed by atoms with Crippen LogP contribution in [0.15, 0.2) is 60.8 Å². The highest BCUT2D eigenvalue weighted by Crippen LogP contribution is 2.24. The second-order valence-corrected chi connectivity index (χ2v) is 6.37. The van der Waals surface area contributed by atoms with Gasteiger partial charge in [0, 0.05) is 24.9 Å². The normalized spacial score (nSPS) is 12.0. The first-order valence-corrected chi connectivity index (χ1v) is 8.60. The topological polar surface area (TPSA) is 56.1 Å². The average Bonchev–Trinajstić information content (AvgIpc) is 3.09. The summed E-state index contributed by atoms with van der Waals surface area (Å²) >= 11 is 0. The maximum atomic E-state index is 12.8. The van der Waals surface area contributed by atoms with Gasteiger partial charge in [-0.05, 0) is 26.0 Å². The molecular weight excluding hydrogens is 326 g/mol. The minimum atomic E-state index is -0.160. The molecule has 0 saturated heterocycles. The van der Waals surface area contributed by atoms with Gasteiger partial charge in [0.15, 0.2) is 0 Å². The first-order valence-electron chi connectivity index (χ1n) is 8.60. The quantitative estimate of drug-likeness (QED) is 0.739. The van der Waals surface area contributed by atoms with Crippen LogP contribution in [0.2, 0.25) is 0 Å². The van der Waals surface area contributed by atoms with E-state index in [1.54, 1.807) is 18.0 Å². The Labute approximate surface area is 153 Å². The highest BCUT2D eigenvalue weighted by atomic mass is 16.5. The van der Waals surface area contributed by atoms with Gasteiger partial charge in [0.1, 0.15) is 5.69 Å². The van der Waals surface area contributed by atoms with Crippen molar-refractivity contribution in [1.82, 2.24) is 15.1 Å². The molecule has 0 aliphatic carbocycles. The lowest BCUT2D eigenvalue weighted by Crippen LogP contribution is -2.35. The van der Waals surface area contributed by atoms with Gasteiger partial charge in [0.2, 0.25) is 0 Å². The molecule has 134 valence electrons. The zero-order chi connectivity index (χ0) is 18.5. The lowest BCUT2D eigenvalue weighted by Gasteiger charge is -2.12. The number of ether oxygens (including phenoxy) is 1. The van der Waals surface area contributed by atoms with E-state index >= 15 is 0 Å². The van der Waals surface area contributed by atoms with Crippen molar-refractivity contribution < 1.29 is 9.53 Å². The molecule has 1 aromatic heterocycles. The number of hydrogen-bond donors (Lipinski definition) is 1. The van der Waals surface area contributed by atoms with Crippen LogP contribution in [-0.4, -0.2) is 35.4 Å². The van der Waals surface area contributed by atoms with E-state index in [9.17, 15) is 4.79 Å². The SMILES string of the molecule is COCC(C)NC(=O)c1cn(-c2ccccc2)nc1-c1ccc(C)cc1. The van der Waals surface area contributed by atoms with Gasteiger partial charge in [0.25, 0.3) is 5.91 Å². The Morgan fingerprint density at radius 1 is 1.15 bits per heavy atom. The summed E-state index contributed by atoms with van der Waals surface area (Å²) in [5, 5.41) is 7.65. The first-order chi connectivity index (χ1) is 12.6. The molecule has 0 bridgehead atoms. The third kappa shape index (κ3) is 4.00. The van der Waals surface area contributed by atoms with Gasteiger partial charge >= 0.3 is 0 Å². The van der Waals surface area contributed by atoms with Crippen molar-refractivity contribution in [2.24, 2.45) is 0 Å². The van der Waals surface area contributed by atoms with Crippen molar-refractivity contribution in [2.75, 3.05) is 13.7 Å². The first kappa shape index (κ1) is 17.9. The van der Waals surface area contributed by atoms with Crippen LogP contribution in [0.3, 0.4) is 0 Å². The summed E-state index contributed by atoms with van der Waals surface area (Å²) in [5.41, 5.74) is 4.19. The van der Waals surface area contributed by atoms with Crippen molar-refractivity contribution in [2.45, 2.75) is 19.9 Å². The molecule has 1 unspecified atom stereocenters. The number of amides is 1. The number of carbonyl (C=O) groups is 1. The Hall–Kier alpha value is -2.92. The molecule has 26 heavy (non-hydrogen) atoms. The molecule has 3 rings (SSSR count). The molecule has 5 heteroatoms. The predicted octanol–water partition coefficient (Wildman–Crippen LogP) is 3.61. The number of aromatic nitrogens is 2. The minimum absolute atomic E-state index is 0.0848. The summed E-state index contributed by atoms with van der Waals surface area (Å²) in [6.07, 6.45) is 1.78. The zero-order valence-electron chi connectivity index (χ0n) is 15.3. The molecule has 2 aromatic carbocycles. The van der Waals surface area contributed by atoms with Gasteiger partial charge in [-0.2, -0.15) is 5.10 Å². The Bertz CT molecular complexity index is 870. The molecular formula is C21H23N3O2. The van der Waals surface area contributed by atoms with Crippen LogP contribution in [0.1, 0.15) is 22.8 Å². The van der Waals surface area contributed by atoms with E-state index in [1.807, 2.05) is 68.4 Å². The van der Waals surface area contributed by atoms with E-state index < -0.39 is 0 Å². The number of benzene rings is 2. The molecule has 1 atom stereocenters. The van der Waals surface area contributed by atoms with Gasteiger partial charge in [-0.15, -0.1) is 0 Å².